The van der Waals surface area contributed by atoms with E-state index in [-0.39, 0.29) is 23.3 Å². The lowest BCUT2D eigenvalue weighted by Crippen LogP contribution is -2.34. The molecule has 3 aromatic heterocycles. The summed E-state index contributed by atoms with van der Waals surface area (Å²) in [6.07, 6.45) is 6.03. The molecule has 200 valence electrons. The quantitative estimate of drug-likeness (QED) is 0.287. The normalized spacial score (nSPS) is 15.5. The predicted octanol–water partition coefficient (Wildman–Crippen LogP) is 4.69. The lowest BCUT2D eigenvalue weighted by molar-refractivity contribution is 0.0698. The van der Waals surface area contributed by atoms with Crippen molar-refractivity contribution >= 4 is 46.6 Å². The van der Waals surface area contributed by atoms with Gasteiger partial charge in [-0.05, 0) is 75.4 Å². The van der Waals surface area contributed by atoms with Gasteiger partial charge in [-0.15, -0.1) is 5.10 Å². The van der Waals surface area contributed by atoms with Gasteiger partial charge < -0.3 is 20.7 Å². The molecular weight excluding hydrogens is 512 g/mol. The van der Waals surface area contributed by atoms with Crippen LogP contribution >= 0.6 is 11.9 Å². The summed E-state index contributed by atoms with van der Waals surface area (Å²) in [4.78, 5) is 37.9. The van der Waals surface area contributed by atoms with E-state index >= 15 is 0 Å². The number of hydrogen-bond acceptors (Lipinski definition) is 8. The van der Waals surface area contributed by atoms with Gasteiger partial charge in [0.15, 0.2) is 11.5 Å². The topological polar surface area (TPSA) is 131 Å². The van der Waals surface area contributed by atoms with Crippen LogP contribution in [0, 0.1) is 19.8 Å². The van der Waals surface area contributed by atoms with E-state index in [2.05, 4.69) is 27.0 Å². The Morgan fingerprint density at radius 2 is 1.90 bits per heavy atom. The van der Waals surface area contributed by atoms with Crippen molar-refractivity contribution in [2.45, 2.75) is 46.2 Å². The zero-order chi connectivity index (χ0) is 27.4. The van der Waals surface area contributed by atoms with Crippen LogP contribution in [-0.2, 0) is 6.54 Å². The van der Waals surface area contributed by atoms with Crippen molar-refractivity contribution in [1.29, 1.82) is 0 Å². The van der Waals surface area contributed by atoms with Crippen molar-refractivity contribution in [1.82, 2.24) is 24.5 Å². The van der Waals surface area contributed by atoms with E-state index in [1.807, 2.05) is 43.2 Å². The van der Waals surface area contributed by atoms with Crippen LogP contribution in [0.4, 0.5) is 17.2 Å². The molecule has 1 aliphatic heterocycles. The van der Waals surface area contributed by atoms with Crippen molar-refractivity contribution in [2.24, 2.45) is 5.92 Å². The summed E-state index contributed by atoms with van der Waals surface area (Å²) in [6, 6.07) is 9.62. The van der Waals surface area contributed by atoms with E-state index in [4.69, 9.17) is 10.7 Å². The summed E-state index contributed by atoms with van der Waals surface area (Å²) >= 11 is 1.44. The standard InChI is InChI=1S/C28H30N8O2S/c1-14-9-20(10-15(2)30-14)31-27(37)24-25(29)33-36-8-7-21(32-26(24)36)18-11-19-13-35(16(3)17-5-6-17)28(38)23(19)22(12-18)34-39-4/h7-12,16-17,34H,5-6,13H2,1-4H3,(H2,29,33)(H,30,31,37). The molecule has 4 aromatic rings. The largest absolute Gasteiger partial charge is 0.381 e. The highest BCUT2D eigenvalue weighted by Crippen LogP contribution is 2.41. The van der Waals surface area contributed by atoms with Crippen LogP contribution in [0.1, 0.15) is 57.4 Å². The van der Waals surface area contributed by atoms with Gasteiger partial charge in [-0.1, -0.05) is 11.9 Å². The molecule has 1 saturated carbocycles. The highest BCUT2D eigenvalue weighted by atomic mass is 32.2. The van der Waals surface area contributed by atoms with Crippen LogP contribution in [-0.4, -0.2) is 48.6 Å². The monoisotopic (exact) mass is 542 g/mol. The number of aromatic nitrogens is 4. The molecule has 2 aliphatic rings. The van der Waals surface area contributed by atoms with Crippen LogP contribution in [0.5, 0.6) is 0 Å². The van der Waals surface area contributed by atoms with E-state index in [0.717, 1.165) is 33.8 Å². The summed E-state index contributed by atoms with van der Waals surface area (Å²) in [5.74, 6) is 0.348. The summed E-state index contributed by atoms with van der Waals surface area (Å²) in [7, 11) is 0. The summed E-state index contributed by atoms with van der Waals surface area (Å²) in [5.41, 5.74) is 12.9. The molecule has 2 amide bonds. The Bertz CT molecular complexity index is 1620. The Morgan fingerprint density at radius 1 is 1.15 bits per heavy atom. The number of pyridine rings is 1. The zero-order valence-corrected chi connectivity index (χ0v) is 23.1. The van der Waals surface area contributed by atoms with Crippen LogP contribution in [0.3, 0.4) is 0 Å². The molecule has 0 spiro atoms. The number of nitrogens with zero attached hydrogens (tertiary/aromatic N) is 5. The molecule has 1 aliphatic carbocycles. The van der Waals surface area contributed by atoms with Gasteiger partial charge in [0.25, 0.3) is 11.8 Å². The molecule has 6 rings (SSSR count). The van der Waals surface area contributed by atoms with Crippen molar-refractivity contribution in [3.63, 3.8) is 0 Å². The number of nitrogens with two attached hydrogens (primary N) is 1. The first-order chi connectivity index (χ1) is 18.7. The number of anilines is 3. The van der Waals surface area contributed by atoms with Crippen molar-refractivity contribution in [2.75, 3.05) is 22.0 Å². The molecule has 4 heterocycles. The molecular formula is C28H30N8O2S. The fourth-order valence-electron chi connectivity index (χ4n) is 5.40. The van der Waals surface area contributed by atoms with Crippen LogP contribution in [0.25, 0.3) is 16.9 Å². The van der Waals surface area contributed by atoms with Gasteiger partial charge >= 0.3 is 0 Å². The van der Waals surface area contributed by atoms with Gasteiger partial charge in [-0.2, -0.15) is 0 Å². The van der Waals surface area contributed by atoms with E-state index in [1.165, 1.54) is 29.3 Å². The Hall–Kier alpha value is -4.12. The summed E-state index contributed by atoms with van der Waals surface area (Å²) in [6.45, 7) is 6.46. The molecule has 39 heavy (non-hydrogen) atoms. The molecule has 1 unspecified atom stereocenters. The van der Waals surface area contributed by atoms with Gasteiger partial charge in [0.2, 0.25) is 0 Å². The number of amides is 2. The summed E-state index contributed by atoms with van der Waals surface area (Å²) < 4.78 is 4.80. The lowest BCUT2D eigenvalue weighted by atomic mass is 10.0. The minimum atomic E-state index is -0.397. The second kappa shape index (κ2) is 9.57. The number of aryl methyl sites for hydroxylation is 2. The Balaban J connectivity index is 1.38. The third kappa shape index (κ3) is 4.56. The number of carbonyl (C=O) groups is 2. The molecule has 11 heteroatoms. The first-order valence-corrected chi connectivity index (χ1v) is 14.1. The van der Waals surface area contributed by atoms with Gasteiger partial charge in [0.1, 0.15) is 5.56 Å². The second-order valence-electron chi connectivity index (χ2n) is 10.3. The maximum atomic E-state index is 13.4. The van der Waals surface area contributed by atoms with Gasteiger partial charge in [-0.25, -0.2) is 9.50 Å². The maximum Gasteiger partial charge on any atom is 0.263 e. The summed E-state index contributed by atoms with van der Waals surface area (Å²) in [5, 5.41) is 7.21. The Kier molecular flexibility index (Phi) is 6.17. The number of nitrogens with one attached hydrogen (secondary N) is 2. The van der Waals surface area contributed by atoms with E-state index < -0.39 is 5.91 Å². The first kappa shape index (κ1) is 25.2. The molecule has 0 radical (unpaired) electrons. The smallest absolute Gasteiger partial charge is 0.263 e. The van der Waals surface area contributed by atoms with E-state index in [9.17, 15) is 9.59 Å². The molecule has 1 fully saturated rings. The third-order valence-electron chi connectivity index (χ3n) is 7.42. The van der Waals surface area contributed by atoms with Gasteiger partial charge in [0.05, 0.1) is 16.9 Å². The predicted molar refractivity (Wildman–Crippen MR) is 154 cm³/mol. The zero-order valence-electron chi connectivity index (χ0n) is 22.3. The highest BCUT2D eigenvalue weighted by molar-refractivity contribution is 7.99. The SMILES string of the molecule is CSNc1cc(-c2ccn3nc(N)c(C(=O)Nc4cc(C)nc(C)c4)c3n2)cc2c1C(=O)N(C(C)C1CC1)C2. The molecule has 0 saturated heterocycles. The second-order valence-corrected chi connectivity index (χ2v) is 10.9. The fraction of sp³-hybridized carbons (Fsp3) is 0.321. The van der Waals surface area contributed by atoms with Gasteiger partial charge in [0, 0.05) is 47.7 Å². The highest BCUT2D eigenvalue weighted by Gasteiger charge is 2.39. The minimum Gasteiger partial charge on any atom is -0.381 e. The van der Waals surface area contributed by atoms with Crippen molar-refractivity contribution in [3.8, 4) is 11.3 Å². The van der Waals surface area contributed by atoms with Crippen LogP contribution < -0.4 is 15.8 Å². The molecule has 0 bridgehead atoms. The average Bonchev–Trinajstić information content (AvgIpc) is 3.60. The fourth-order valence-corrected chi connectivity index (χ4v) is 5.78. The van der Waals surface area contributed by atoms with E-state index in [1.54, 1.807) is 18.3 Å². The molecule has 1 atom stereocenters. The lowest BCUT2D eigenvalue weighted by Gasteiger charge is -2.24. The maximum absolute atomic E-state index is 13.4. The minimum absolute atomic E-state index is 0.0695. The van der Waals surface area contributed by atoms with Crippen LogP contribution in [0.2, 0.25) is 0 Å². The number of rotatable bonds is 7. The molecule has 10 nitrogen and oxygen atoms in total. The van der Waals surface area contributed by atoms with Crippen molar-refractivity contribution < 1.29 is 9.59 Å². The number of benzene rings is 1. The average molecular weight is 543 g/mol. The molecule has 1 aromatic carbocycles. The Morgan fingerprint density at radius 3 is 2.59 bits per heavy atom. The van der Waals surface area contributed by atoms with Gasteiger partial charge in [-0.3, -0.25) is 14.6 Å². The number of carbonyl (C=O) groups excluding carboxylic acids is 2. The van der Waals surface area contributed by atoms with E-state index in [0.29, 0.717) is 29.5 Å². The van der Waals surface area contributed by atoms with Crippen LogP contribution in [0.15, 0.2) is 36.5 Å². The molecule has 4 N–H and O–H groups in total. The first-order valence-electron chi connectivity index (χ1n) is 12.9. The number of fused-ring (bicyclic) bond motifs is 2. The Labute approximate surface area is 230 Å². The third-order valence-corrected chi connectivity index (χ3v) is 7.84. The van der Waals surface area contributed by atoms with Crippen molar-refractivity contribution in [3.05, 3.63) is 64.6 Å². The number of hydrogen-bond donors (Lipinski definition) is 3. The number of nitrogen functional groups attached to an aromatic ring is 1.